The number of hydrogen-bond acceptors (Lipinski definition) is 7. The fourth-order valence-electron chi connectivity index (χ4n) is 3.74. The predicted molar refractivity (Wildman–Crippen MR) is 158 cm³/mol. The van der Waals surface area contributed by atoms with Gasteiger partial charge in [-0.15, -0.1) is 5.10 Å². The zero-order valence-electron chi connectivity index (χ0n) is 21.4. The molecule has 0 unspecified atom stereocenters. The highest BCUT2D eigenvalue weighted by molar-refractivity contribution is 8.18. The number of benzene rings is 3. The number of halogens is 2. The van der Waals surface area contributed by atoms with Crippen LogP contribution in [0.5, 0.6) is 5.75 Å². The normalized spacial score (nSPS) is 15.3. The van der Waals surface area contributed by atoms with Gasteiger partial charge in [0.2, 0.25) is 0 Å². The van der Waals surface area contributed by atoms with Gasteiger partial charge in [-0.25, -0.2) is 4.39 Å². The number of thioether (sulfide) groups is 1. The van der Waals surface area contributed by atoms with Crippen molar-refractivity contribution < 1.29 is 23.1 Å². The molecule has 2 amide bonds. The summed E-state index contributed by atoms with van der Waals surface area (Å²) in [6.45, 7) is -0.153. The van der Waals surface area contributed by atoms with E-state index >= 15 is 0 Å². The highest BCUT2D eigenvalue weighted by atomic mass is 35.5. The first-order chi connectivity index (χ1) is 19.9. The quantitative estimate of drug-likeness (QED) is 0.135. The molecule has 1 aromatic heterocycles. The Bertz CT molecular complexity index is 1620. The van der Waals surface area contributed by atoms with Crippen LogP contribution in [-0.2, 0) is 16.1 Å². The monoisotopic (exact) mass is 588 g/mol. The first kappa shape index (κ1) is 27.9. The molecule has 206 valence electrons. The number of amidine groups is 1. The molecule has 5 rings (SSSR count). The Morgan fingerprint density at radius 2 is 1.88 bits per heavy atom. The number of carbonyl (C=O) groups is 2. The van der Waals surface area contributed by atoms with E-state index < -0.39 is 11.7 Å². The van der Waals surface area contributed by atoms with Crippen LogP contribution in [0.3, 0.4) is 0 Å². The Labute approximate surface area is 244 Å². The highest BCUT2D eigenvalue weighted by Gasteiger charge is 2.34. The third-order valence-corrected chi connectivity index (χ3v) is 6.91. The fourth-order valence-corrected chi connectivity index (χ4v) is 4.85. The van der Waals surface area contributed by atoms with Crippen molar-refractivity contribution in [3.63, 3.8) is 0 Å². The van der Waals surface area contributed by atoms with Gasteiger partial charge in [0.1, 0.15) is 17.3 Å². The van der Waals surface area contributed by atoms with E-state index in [-0.39, 0.29) is 19.1 Å². The second-order valence-electron chi connectivity index (χ2n) is 8.65. The molecular weight excluding hydrogens is 567 g/mol. The third-order valence-electron chi connectivity index (χ3n) is 5.68. The maximum absolute atomic E-state index is 13.5. The van der Waals surface area contributed by atoms with E-state index in [1.807, 2.05) is 30.3 Å². The van der Waals surface area contributed by atoms with Crippen molar-refractivity contribution in [2.75, 3.05) is 11.9 Å². The van der Waals surface area contributed by atoms with Crippen LogP contribution in [-0.4, -0.2) is 34.7 Å². The number of anilines is 1. The lowest BCUT2D eigenvalue weighted by molar-refractivity contribution is -0.122. The summed E-state index contributed by atoms with van der Waals surface area (Å²) in [5, 5.41) is 11.9. The van der Waals surface area contributed by atoms with Gasteiger partial charge in [-0.2, -0.15) is 5.10 Å². The molecule has 3 aromatic carbocycles. The molecule has 11 heteroatoms. The summed E-state index contributed by atoms with van der Waals surface area (Å²) >= 11 is 7.39. The van der Waals surface area contributed by atoms with Crippen molar-refractivity contribution >= 4 is 58.3 Å². The summed E-state index contributed by atoms with van der Waals surface area (Å²) in [5.41, 5.74) is 1.79. The molecule has 0 radical (unpaired) electrons. The lowest BCUT2D eigenvalue weighted by Gasteiger charge is -2.13. The summed E-state index contributed by atoms with van der Waals surface area (Å²) in [5.74, 6) is -0.225. The summed E-state index contributed by atoms with van der Waals surface area (Å²) < 4.78 is 24.3. The fraction of sp³-hybridized carbons (Fsp3) is 0.0667. The lowest BCUT2D eigenvalue weighted by Crippen LogP contribution is -2.28. The molecule has 0 atom stereocenters. The Morgan fingerprint density at radius 1 is 1.07 bits per heavy atom. The predicted octanol–water partition coefficient (Wildman–Crippen LogP) is 6.60. The summed E-state index contributed by atoms with van der Waals surface area (Å²) in [6, 6.07) is 23.2. The van der Waals surface area contributed by atoms with Gasteiger partial charge in [0.05, 0.1) is 23.9 Å². The molecule has 1 N–H and O–H groups in total. The average molecular weight is 589 g/mol. The topological polar surface area (TPSA) is 96.5 Å². The SMILES string of the molecule is O=C(COc1ccc(Cl)cc1/C=C1\S/C(=N\N=C\c2ccccc2)N(Cc2ccco2)C1=O)Nc1ccc(F)cc1. The molecule has 0 spiro atoms. The summed E-state index contributed by atoms with van der Waals surface area (Å²) in [4.78, 5) is 27.7. The second kappa shape index (κ2) is 13.1. The smallest absolute Gasteiger partial charge is 0.267 e. The van der Waals surface area contributed by atoms with Crippen molar-refractivity contribution in [3.8, 4) is 5.75 Å². The highest BCUT2D eigenvalue weighted by Crippen LogP contribution is 2.36. The van der Waals surface area contributed by atoms with Gasteiger partial charge in [-0.3, -0.25) is 14.5 Å². The molecule has 1 fully saturated rings. The van der Waals surface area contributed by atoms with Gasteiger partial charge in [-0.1, -0.05) is 41.9 Å². The number of rotatable bonds is 9. The molecular formula is C30H22ClFN4O4S. The minimum Gasteiger partial charge on any atom is -0.483 e. The van der Waals surface area contributed by atoms with Gasteiger partial charge in [0.25, 0.3) is 11.8 Å². The first-order valence-electron chi connectivity index (χ1n) is 12.3. The Hall–Kier alpha value is -4.67. The minimum absolute atomic E-state index is 0.165. The van der Waals surface area contributed by atoms with E-state index in [2.05, 4.69) is 15.5 Å². The van der Waals surface area contributed by atoms with Crippen molar-refractivity contribution in [3.05, 3.63) is 124 Å². The van der Waals surface area contributed by atoms with E-state index in [0.29, 0.717) is 37.9 Å². The zero-order valence-corrected chi connectivity index (χ0v) is 22.9. The summed E-state index contributed by atoms with van der Waals surface area (Å²) in [7, 11) is 0. The van der Waals surface area contributed by atoms with Gasteiger partial charge in [-0.05, 0) is 78.0 Å². The second-order valence-corrected chi connectivity index (χ2v) is 10.1. The van der Waals surface area contributed by atoms with E-state index in [1.165, 1.54) is 35.4 Å². The number of nitrogens with zero attached hydrogens (tertiary/aromatic N) is 3. The molecule has 1 saturated heterocycles. The maximum atomic E-state index is 13.5. The van der Waals surface area contributed by atoms with Crippen molar-refractivity contribution in [1.82, 2.24) is 4.90 Å². The van der Waals surface area contributed by atoms with E-state index in [4.69, 9.17) is 20.8 Å². The lowest BCUT2D eigenvalue weighted by atomic mass is 10.2. The van der Waals surface area contributed by atoms with Crippen LogP contribution in [0, 0.1) is 5.82 Å². The summed E-state index contributed by atoms with van der Waals surface area (Å²) in [6.07, 6.45) is 4.77. The van der Waals surface area contributed by atoms with E-state index in [9.17, 15) is 14.0 Å². The van der Waals surface area contributed by atoms with Crippen molar-refractivity contribution in [2.45, 2.75) is 6.54 Å². The Morgan fingerprint density at radius 3 is 2.63 bits per heavy atom. The molecule has 0 bridgehead atoms. The standard InChI is InChI=1S/C30H22ClFN4O4S/c31-22-8-13-26(40-19-28(37)34-24-11-9-23(32)10-12-24)21(15-22)16-27-29(38)36(18-25-7-4-14-39-25)30(41-27)35-33-17-20-5-2-1-3-6-20/h1-17H,18-19H2,(H,34,37)/b27-16-,33-17+,35-30-. The molecule has 4 aromatic rings. The maximum Gasteiger partial charge on any atom is 0.267 e. The van der Waals surface area contributed by atoms with Crippen molar-refractivity contribution in [1.29, 1.82) is 0 Å². The third kappa shape index (κ3) is 7.50. The van der Waals surface area contributed by atoms with Crippen LogP contribution in [0.4, 0.5) is 10.1 Å². The van der Waals surface area contributed by atoms with Crippen LogP contribution in [0.15, 0.2) is 111 Å². The van der Waals surface area contributed by atoms with Gasteiger partial charge < -0.3 is 14.5 Å². The van der Waals surface area contributed by atoms with E-state index in [0.717, 1.165) is 17.3 Å². The molecule has 0 aliphatic carbocycles. The van der Waals surface area contributed by atoms with Crippen LogP contribution in [0.2, 0.25) is 5.02 Å². The van der Waals surface area contributed by atoms with Gasteiger partial charge in [0.15, 0.2) is 11.8 Å². The minimum atomic E-state index is -0.438. The van der Waals surface area contributed by atoms with Crippen LogP contribution in [0.1, 0.15) is 16.9 Å². The molecule has 1 aliphatic rings. The molecule has 1 aliphatic heterocycles. The average Bonchev–Trinajstić information content (AvgIpc) is 3.59. The first-order valence-corrected chi connectivity index (χ1v) is 13.5. The Balaban J connectivity index is 1.36. The number of amides is 2. The molecule has 0 saturated carbocycles. The molecule has 41 heavy (non-hydrogen) atoms. The number of ether oxygens (including phenoxy) is 1. The van der Waals surface area contributed by atoms with Crippen LogP contribution >= 0.6 is 23.4 Å². The van der Waals surface area contributed by atoms with Crippen LogP contribution in [0.25, 0.3) is 6.08 Å². The largest absolute Gasteiger partial charge is 0.483 e. The van der Waals surface area contributed by atoms with Gasteiger partial charge in [0, 0.05) is 16.3 Å². The van der Waals surface area contributed by atoms with Gasteiger partial charge >= 0.3 is 0 Å². The number of furan rings is 1. The number of hydrogen-bond donors (Lipinski definition) is 1. The van der Waals surface area contributed by atoms with Crippen LogP contribution < -0.4 is 10.1 Å². The number of nitrogens with one attached hydrogen (secondary N) is 1. The number of carbonyl (C=O) groups excluding carboxylic acids is 2. The van der Waals surface area contributed by atoms with E-state index in [1.54, 1.807) is 42.6 Å². The van der Waals surface area contributed by atoms with Crippen molar-refractivity contribution in [2.24, 2.45) is 10.2 Å². The zero-order chi connectivity index (χ0) is 28.6. The Kier molecular flexibility index (Phi) is 8.92. The molecule has 8 nitrogen and oxygen atoms in total. The molecule has 2 heterocycles.